The second kappa shape index (κ2) is 10.1. The molecule has 0 spiro atoms. The summed E-state index contributed by atoms with van der Waals surface area (Å²) in [6.45, 7) is 4.06. The van der Waals surface area contributed by atoms with Crippen molar-refractivity contribution in [3.05, 3.63) is 60.2 Å². The molecule has 0 aliphatic carbocycles. The van der Waals surface area contributed by atoms with E-state index in [1.807, 2.05) is 12.1 Å². The molecule has 3 rings (SSSR count). The fraction of sp³-hybridized carbons (Fsp3) is 0.316. The number of anilines is 1. The third-order valence-electron chi connectivity index (χ3n) is 4.59. The van der Waals surface area contributed by atoms with Crippen molar-refractivity contribution >= 4 is 45.6 Å². The second-order valence-corrected chi connectivity index (χ2v) is 7.96. The lowest BCUT2D eigenvalue weighted by molar-refractivity contribution is 0.372. The SMILES string of the molecule is CN=C(NCc1cccc(S(N)(=O)=O)c1)N1CCN(c2ccccc2)CC1.I. The van der Waals surface area contributed by atoms with Crippen LogP contribution in [0.3, 0.4) is 0 Å². The molecule has 1 saturated heterocycles. The van der Waals surface area contributed by atoms with Gasteiger partial charge in [-0.15, -0.1) is 24.0 Å². The molecule has 1 heterocycles. The van der Waals surface area contributed by atoms with Crippen LogP contribution in [0.2, 0.25) is 0 Å². The van der Waals surface area contributed by atoms with Gasteiger partial charge in [0.1, 0.15) is 0 Å². The summed E-state index contributed by atoms with van der Waals surface area (Å²) in [5.41, 5.74) is 2.07. The van der Waals surface area contributed by atoms with Crippen LogP contribution in [0.25, 0.3) is 0 Å². The molecule has 0 atom stereocenters. The lowest BCUT2D eigenvalue weighted by atomic mass is 10.2. The minimum Gasteiger partial charge on any atom is -0.368 e. The Hall–Kier alpha value is -1.85. The van der Waals surface area contributed by atoms with Crippen molar-refractivity contribution < 1.29 is 8.42 Å². The molecule has 1 aliphatic rings. The number of hydrogen-bond acceptors (Lipinski definition) is 4. The lowest BCUT2D eigenvalue weighted by Crippen LogP contribution is -2.52. The molecule has 2 aromatic rings. The number of benzene rings is 2. The number of aliphatic imine (C=N–C) groups is 1. The van der Waals surface area contributed by atoms with E-state index in [1.165, 1.54) is 11.8 Å². The van der Waals surface area contributed by atoms with Crippen molar-refractivity contribution in [2.75, 3.05) is 38.1 Å². The van der Waals surface area contributed by atoms with E-state index in [4.69, 9.17) is 5.14 Å². The molecule has 0 saturated carbocycles. The number of nitrogens with one attached hydrogen (secondary N) is 1. The highest BCUT2D eigenvalue weighted by molar-refractivity contribution is 14.0. The summed E-state index contributed by atoms with van der Waals surface area (Å²) in [4.78, 5) is 9.06. The van der Waals surface area contributed by atoms with E-state index in [1.54, 1.807) is 19.2 Å². The van der Waals surface area contributed by atoms with Gasteiger partial charge in [-0.3, -0.25) is 4.99 Å². The molecule has 2 aromatic carbocycles. The Balaban J connectivity index is 0.00000280. The van der Waals surface area contributed by atoms with Gasteiger partial charge in [0, 0.05) is 45.5 Å². The zero-order valence-corrected chi connectivity index (χ0v) is 18.9. The largest absolute Gasteiger partial charge is 0.368 e. The van der Waals surface area contributed by atoms with Crippen molar-refractivity contribution in [2.45, 2.75) is 11.4 Å². The molecule has 0 unspecified atom stereocenters. The third-order valence-corrected chi connectivity index (χ3v) is 5.50. The van der Waals surface area contributed by atoms with E-state index >= 15 is 0 Å². The molecule has 7 nitrogen and oxygen atoms in total. The average Bonchev–Trinajstić information content (AvgIpc) is 2.69. The number of hydrogen-bond donors (Lipinski definition) is 2. The molecule has 28 heavy (non-hydrogen) atoms. The van der Waals surface area contributed by atoms with Gasteiger partial charge in [0.15, 0.2) is 5.96 Å². The van der Waals surface area contributed by atoms with Crippen molar-refractivity contribution in [3.8, 4) is 0 Å². The predicted molar refractivity (Wildman–Crippen MR) is 124 cm³/mol. The predicted octanol–water partition coefficient (Wildman–Crippen LogP) is 1.85. The van der Waals surface area contributed by atoms with Crippen LogP contribution in [0.5, 0.6) is 0 Å². The zero-order chi connectivity index (χ0) is 19.3. The summed E-state index contributed by atoms with van der Waals surface area (Å²) in [7, 11) is -1.94. The fourth-order valence-electron chi connectivity index (χ4n) is 3.16. The maximum absolute atomic E-state index is 11.5. The third kappa shape index (κ3) is 5.82. The van der Waals surface area contributed by atoms with Crippen molar-refractivity contribution in [3.63, 3.8) is 0 Å². The molecule has 152 valence electrons. The first-order valence-corrected chi connectivity index (χ1v) is 10.4. The standard InChI is InChI=1S/C19H25N5O2S.HI/c1-21-19(22-15-16-6-5-9-18(14-16)27(20,25)26)24-12-10-23(11-13-24)17-7-3-2-4-8-17;/h2-9,14H,10-13,15H2,1H3,(H,21,22)(H2,20,25,26);1H. The van der Waals surface area contributed by atoms with Crippen LogP contribution in [0.4, 0.5) is 5.69 Å². The van der Waals surface area contributed by atoms with E-state index in [9.17, 15) is 8.42 Å². The normalized spacial score (nSPS) is 15.1. The van der Waals surface area contributed by atoms with Gasteiger partial charge in [0.25, 0.3) is 0 Å². The summed E-state index contributed by atoms with van der Waals surface area (Å²) in [5, 5.41) is 8.51. The number of nitrogens with two attached hydrogens (primary N) is 1. The number of nitrogens with zero attached hydrogens (tertiary/aromatic N) is 3. The molecular weight excluding hydrogens is 489 g/mol. The molecule has 9 heteroatoms. The van der Waals surface area contributed by atoms with Gasteiger partial charge in [-0.2, -0.15) is 0 Å². The van der Waals surface area contributed by atoms with E-state index in [2.05, 4.69) is 44.4 Å². The maximum atomic E-state index is 11.5. The van der Waals surface area contributed by atoms with Gasteiger partial charge < -0.3 is 15.1 Å². The first kappa shape index (κ1) is 22.4. The summed E-state index contributed by atoms with van der Waals surface area (Å²) in [6, 6.07) is 17.0. The number of piperazine rings is 1. The number of rotatable bonds is 4. The van der Waals surface area contributed by atoms with Crippen LogP contribution in [0.1, 0.15) is 5.56 Å². The van der Waals surface area contributed by atoms with Gasteiger partial charge >= 0.3 is 0 Å². The fourth-order valence-corrected chi connectivity index (χ4v) is 3.74. The Morgan fingerprint density at radius 3 is 2.36 bits per heavy atom. The van der Waals surface area contributed by atoms with Crippen molar-refractivity contribution in [2.24, 2.45) is 10.1 Å². The van der Waals surface area contributed by atoms with E-state index in [-0.39, 0.29) is 28.9 Å². The van der Waals surface area contributed by atoms with E-state index in [0.717, 1.165) is 37.7 Å². The maximum Gasteiger partial charge on any atom is 0.238 e. The number of primary sulfonamides is 1. The molecule has 1 aliphatic heterocycles. The van der Waals surface area contributed by atoms with E-state index < -0.39 is 10.0 Å². The molecule has 0 radical (unpaired) electrons. The Morgan fingerprint density at radius 1 is 1.07 bits per heavy atom. The van der Waals surface area contributed by atoms with Gasteiger partial charge in [0.05, 0.1) is 4.90 Å². The summed E-state index contributed by atoms with van der Waals surface area (Å²) in [6.07, 6.45) is 0. The second-order valence-electron chi connectivity index (χ2n) is 6.40. The van der Waals surface area contributed by atoms with Crippen LogP contribution in [0, 0.1) is 0 Å². The highest BCUT2D eigenvalue weighted by atomic mass is 127. The van der Waals surface area contributed by atoms with Crippen LogP contribution in [-0.4, -0.2) is 52.5 Å². The van der Waals surface area contributed by atoms with Gasteiger partial charge in [-0.1, -0.05) is 30.3 Å². The van der Waals surface area contributed by atoms with E-state index in [0.29, 0.717) is 6.54 Å². The highest BCUT2D eigenvalue weighted by Gasteiger charge is 2.19. The Bertz CT molecular complexity index is 898. The smallest absolute Gasteiger partial charge is 0.238 e. The Labute approximate surface area is 183 Å². The molecular formula is C19H26IN5O2S. The molecule has 3 N–H and O–H groups in total. The van der Waals surface area contributed by atoms with Crippen LogP contribution >= 0.6 is 24.0 Å². The summed E-state index contributed by atoms with van der Waals surface area (Å²) < 4.78 is 23.0. The topological polar surface area (TPSA) is 91.0 Å². The number of guanidine groups is 1. The minimum atomic E-state index is -3.70. The van der Waals surface area contributed by atoms with Crippen molar-refractivity contribution in [1.29, 1.82) is 0 Å². The monoisotopic (exact) mass is 515 g/mol. The first-order valence-electron chi connectivity index (χ1n) is 8.85. The molecule has 0 bridgehead atoms. The van der Waals surface area contributed by atoms with Crippen LogP contribution in [0.15, 0.2) is 64.5 Å². The van der Waals surface area contributed by atoms with Gasteiger partial charge in [0.2, 0.25) is 10.0 Å². The Morgan fingerprint density at radius 2 is 1.75 bits per heavy atom. The van der Waals surface area contributed by atoms with Gasteiger partial charge in [-0.25, -0.2) is 13.6 Å². The summed E-state index contributed by atoms with van der Waals surface area (Å²) >= 11 is 0. The number of sulfonamides is 1. The lowest BCUT2D eigenvalue weighted by Gasteiger charge is -2.37. The average molecular weight is 515 g/mol. The van der Waals surface area contributed by atoms with Crippen LogP contribution < -0.4 is 15.4 Å². The zero-order valence-electron chi connectivity index (χ0n) is 15.8. The quantitative estimate of drug-likeness (QED) is 0.369. The van der Waals surface area contributed by atoms with Crippen LogP contribution in [-0.2, 0) is 16.6 Å². The first-order chi connectivity index (χ1) is 13.0. The number of halogens is 1. The van der Waals surface area contributed by atoms with Crippen molar-refractivity contribution in [1.82, 2.24) is 10.2 Å². The van der Waals surface area contributed by atoms with Gasteiger partial charge in [-0.05, 0) is 29.8 Å². The molecule has 0 amide bonds. The molecule has 1 fully saturated rings. The number of para-hydroxylation sites is 1. The Kier molecular flexibility index (Phi) is 8.08. The minimum absolute atomic E-state index is 0. The molecule has 0 aromatic heterocycles. The highest BCUT2D eigenvalue weighted by Crippen LogP contribution is 2.16. The summed E-state index contributed by atoms with van der Waals surface area (Å²) in [5.74, 6) is 0.809.